The van der Waals surface area contributed by atoms with Crippen LogP contribution >= 0.6 is 0 Å². The fourth-order valence-corrected chi connectivity index (χ4v) is 2.16. The van der Waals surface area contributed by atoms with Crippen LogP contribution in [0.4, 0.5) is 0 Å². The lowest BCUT2D eigenvalue weighted by Crippen LogP contribution is -2.18. The normalized spacial score (nSPS) is 10.9. The molecule has 1 N–H and O–H groups in total. The van der Waals surface area contributed by atoms with Crippen LogP contribution in [0.25, 0.3) is 11.3 Å². The molecule has 0 atom stereocenters. The fourth-order valence-electron chi connectivity index (χ4n) is 2.16. The van der Waals surface area contributed by atoms with E-state index in [2.05, 4.69) is 34.1 Å². The van der Waals surface area contributed by atoms with Crippen LogP contribution in [-0.2, 0) is 6.54 Å². The van der Waals surface area contributed by atoms with Gasteiger partial charge in [0.05, 0.1) is 12.7 Å². The number of pyridine rings is 1. The lowest BCUT2D eigenvalue weighted by atomic mass is 10.1. The van der Waals surface area contributed by atoms with Gasteiger partial charge in [-0.05, 0) is 26.1 Å². The fraction of sp³-hybridized carbons (Fsp3) is 0.429. The minimum atomic E-state index is 0.793. The number of aromatic nitrogens is 3. The summed E-state index contributed by atoms with van der Waals surface area (Å²) in [6.45, 7) is 4.10. The first-order valence-electron chi connectivity index (χ1n) is 6.45. The largest absolute Gasteiger partial charge is 0.496 e. The third-order valence-electron chi connectivity index (χ3n) is 3.02. The molecule has 0 spiro atoms. The first-order valence-corrected chi connectivity index (χ1v) is 6.45. The molecule has 0 saturated heterocycles. The Morgan fingerprint density at radius 3 is 3.00 bits per heavy atom. The summed E-state index contributed by atoms with van der Waals surface area (Å²) in [5.41, 5.74) is 2.99. The Morgan fingerprint density at radius 1 is 1.42 bits per heavy atom. The lowest BCUT2D eigenvalue weighted by Gasteiger charge is -2.15. The van der Waals surface area contributed by atoms with Crippen LogP contribution in [0.3, 0.4) is 0 Å². The number of nitrogens with one attached hydrogen (secondary N) is 1. The lowest BCUT2D eigenvalue weighted by molar-refractivity contribution is 0.328. The molecule has 2 rings (SSSR count). The Balaban J connectivity index is 2.28. The summed E-state index contributed by atoms with van der Waals surface area (Å²) < 4.78 is 5.37. The van der Waals surface area contributed by atoms with Gasteiger partial charge < -0.3 is 9.64 Å². The summed E-state index contributed by atoms with van der Waals surface area (Å²) in [5.74, 6) is 0.793. The van der Waals surface area contributed by atoms with Crippen molar-refractivity contribution in [3.05, 3.63) is 30.2 Å². The third kappa shape index (κ3) is 3.12. The SMILES string of the molecule is CCCN(C)Cc1c[nH]nc1-c1cnccc1OC. The Bertz CT molecular complexity index is 524. The molecule has 0 aliphatic carbocycles. The zero-order valence-electron chi connectivity index (χ0n) is 11.7. The van der Waals surface area contributed by atoms with Crippen LogP contribution in [0.15, 0.2) is 24.7 Å². The van der Waals surface area contributed by atoms with Crippen molar-refractivity contribution in [1.82, 2.24) is 20.1 Å². The number of hydrogen-bond acceptors (Lipinski definition) is 4. The first kappa shape index (κ1) is 13.5. The van der Waals surface area contributed by atoms with Gasteiger partial charge >= 0.3 is 0 Å². The van der Waals surface area contributed by atoms with Gasteiger partial charge in [-0.3, -0.25) is 10.1 Å². The van der Waals surface area contributed by atoms with Crippen LogP contribution in [0.5, 0.6) is 5.75 Å². The van der Waals surface area contributed by atoms with Gasteiger partial charge in [0, 0.05) is 30.7 Å². The Hall–Kier alpha value is -1.88. The van der Waals surface area contributed by atoms with E-state index in [1.165, 1.54) is 0 Å². The highest BCUT2D eigenvalue weighted by molar-refractivity contribution is 5.68. The van der Waals surface area contributed by atoms with Crippen molar-refractivity contribution >= 4 is 0 Å². The number of nitrogens with zero attached hydrogens (tertiary/aromatic N) is 3. The zero-order valence-corrected chi connectivity index (χ0v) is 11.7. The van der Waals surface area contributed by atoms with Gasteiger partial charge in [0.2, 0.25) is 0 Å². The molecule has 0 radical (unpaired) electrons. The molecule has 5 heteroatoms. The van der Waals surface area contributed by atoms with Gasteiger partial charge in [0.25, 0.3) is 0 Å². The van der Waals surface area contributed by atoms with Crippen molar-refractivity contribution in [3.63, 3.8) is 0 Å². The van der Waals surface area contributed by atoms with Crippen molar-refractivity contribution in [2.45, 2.75) is 19.9 Å². The maximum absolute atomic E-state index is 5.37. The molecule has 2 aromatic heterocycles. The van der Waals surface area contributed by atoms with Crippen molar-refractivity contribution in [2.24, 2.45) is 0 Å². The predicted molar refractivity (Wildman–Crippen MR) is 75.0 cm³/mol. The van der Waals surface area contributed by atoms with Crippen molar-refractivity contribution < 1.29 is 4.74 Å². The van der Waals surface area contributed by atoms with E-state index in [9.17, 15) is 0 Å². The summed E-state index contributed by atoms with van der Waals surface area (Å²) >= 11 is 0. The number of hydrogen-bond donors (Lipinski definition) is 1. The minimum absolute atomic E-state index is 0.793. The quantitative estimate of drug-likeness (QED) is 0.866. The molecule has 0 unspecified atom stereocenters. The van der Waals surface area contributed by atoms with E-state index in [4.69, 9.17) is 4.74 Å². The Kier molecular flexibility index (Phi) is 4.52. The molecule has 0 saturated carbocycles. The molecule has 0 aromatic carbocycles. The molecule has 0 aliphatic heterocycles. The Labute approximate surface area is 113 Å². The second-order valence-electron chi connectivity index (χ2n) is 4.57. The number of aromatic amines is 1. The molecule has 0 bridgehead atoms. The number of ether oxygens (including phenoxy) is 1. The monoisotopic (exact) mass is 260 g/mol. The highest BCUT2D eigenvalue weighted by atomic mass is 16.5. The van der Waals surface area contributed by atoms with E-state index < -0.39 is 0 Å². The van der Waals surface area contributed by atoms with Crippen LogP contribution in [0.1, 0.15) is 18.9 Å². The van der Waals surface area contributed by atoms with E-state index in [-0.39, 0.29) is 0 Å². The van der Waals surface area contributed by atoms with E-state index in [0.29, 0.717) is 0 Å². The molecule has 2 aromatic rings. The summed E-state index contributed by atoms with van der Waals surface area (Å²) in [7, 11) is 3.77. The van der Waals surface area contributed by atoms with Gasteiger partial charge in [0.1, 0.15) is 11.4 Å². The number of rotatable bonds is 6. The van der Waals surface area contributed by atoms with Crippen LogP contribution in [0.2, 0.25) is 0 Å². The summed E-state index contributed by atoms with van der Waals surface area (Å²) in [5, 5.41) is 7.27. The van der Waals surface area contributed by atoms with Crippen molar-refractivity contribution in [1.29, 1.82) is 0 Å². The Morgan fingerprint density at radius 2 is 2.26 bits per heavy atom. The zero-order chi connectivity index (χ0) is 13.7. The standard InChI is InChI=1S/C14H20N4O/c1-4-7-18(2)10-11-8-16-17-14(11)12-9-15-6-5-13(12)19-3/h5-6,8-9H,4,7,10H2,1-3H3,(H,16,17). The molecular weight excluding hydrogens is 240 g/mol. The van der Waals surface area contributed by atoms with Gasteiger partial charge in [-0.15, -0.1) is 0 Å². The predicted octanol–water partition coefficient (Wildman–Crippen LogP) is 2.32. The van der Waals surface area contributed by atoms with Gasteiger partial charge in [0.15, 0.2) is 0 Å². The average Bonchev–Trinajstić information content (AvgIpc) is 2.86. The maximum atomic E-state index is 5.37. The molecule has 102 valence electrons. The second kappa shape index (κ2) is 6.33. The minimum Gasteiger partial charge on any atom is -0.496 e. The van der Waals surface area contributed by atoms with Gasteiger partial charge in [-0.1, -0.05) is 6.92 Å². The van der Waals surface area contributed by atoms with E-state index in [1.54, 1.807) is 19.5 Å². The van der Waals surface area contributed by atoms with Crippen LogP contribution < -0.4 is 4.74 Å². The molecule has 0 aliphatic rings. The summed E-state index contributed by atoms with van der Waals surface area (Å²) in [6.07, 6.45) is 6.59. The molecule has 5 nitrogen and oxygen atoms in total. The molecule has 19 heavy (non-hydrogen) atoms. The summed E-state index contributed by atoms with van der Waals surface area (Å²) in [4.78, 5) is 6.43. The van der Waals surface area contributed by atoms with Crippen molar-refractivity contribution in [2.75, 3.05) is 20.7 Å². The average molecular weight is 260 g/mol. The smallest absolute Gasteiger partial charge is 0.131 e. The molecule has 0 amide bonds. The molecular formula is C14H20N4O. The highest BCUT2D eigenvalue weighted by Crippen LogP contribution is 2.29. The third-order valence-corrected chi connectivity index (χ3v) is 3.02. The first-order chi connectivity index (χ1) is 9.26. The van der Waals surface area contributed by atoms with Crippen LogP contribution in [-0.4, -0.2) is 40.8 Å². The second-order valence-corrected chi connectivity index (χ2v) is 4.57. The number of H-pyrrole nitrogens is 1. The van der Waals surface area contributed by atoms with Gasteiger partial charge in [-0.2, -0.15) is 5.10 Å². The van der Waals surface area contributed by atoms with Crippen LogP contribution in [0, 0.1) is 0 Å². The topological polar surface area (TPSA) is 54.0 Å². The van der Waals surface area contributed by atoms with E-state index in [1.807, 2.05) is 12.3 Å². The van der Waals surface area contributed by atoms with Gasteiger partial charge in [-0.25, -0.2) is 0 Å². The maximum Gasteiger partial charge on any atom is 0.131 e. The van der Waals surface area contributed by atoms with E-state index in [0.717, 1.165) is 42.1 Å². The molecule has 2 heterocycles. The van der Waals surface area contributed by atoms with Crippen molar-refractivity contribution in [3.8, 4) is 17.0 Å². The van der Waals surface area contributed by atoms with E-state index >= 15 is 0 Å². The number of methoxy groups -OCH3 is 1. The highest BCUT2D eigenvalue weighted by Gasteiger charge is 2.14. The molecule has 0 fully saturated rings. The summed E-state index contributed by atoms with van der Waals surface area (Å²) in [6, 6.07) is 1.85.